The smallest absolute Gasteiger partial charge is 0.231 e. The Labute approximate surface area is 133 Å². The molecule has 0 bridgehead atoms. The van der Waals surface area contributed by atoms with Crippen molar-refractivity contribution < 1.29 is 18.4 Å². The lowest BCUT2D eigenvalue weighted by Crippen LogP contribution is -2.27. The third kappa shape index (κ3) is 3.49. The second-order valence-corrected chi connectivity index (χ2v) is 5.45. The highest BCUT2D eigenvalue weighted by Gasteiger charge is 2.30. The predicted molar refractivity (Wildman–Crippen MR) is 79.3 cm³/mol. The number of carbonyl (C=O) groups excluding carboxylic acids is 1. The zero-order chi connectivity index (χ0) is 16.2. The van der Waals surface area contributed by atoms with E-state index in [0.717, 1.165) is 6.42 Å². The Morgan fingerprint density at radius 2 is 2.30 bits per heavy atom. The van der Waals surface area contributed by atoms with Gasteiger partial charge in [-0.1, -0.05) is 24.2 Å². The molecule has 1 amide bonds. The van der Waals surface area contributed by atoms with E-state index in [4.69, 9.17) is 9.26 Å². The summed E-state index contributed by atoms with van der Waals surface area (Å²) in [7, 11) is 0. The summed E-state index contributed by atoms with van der Waals surface area (Å²) < 4.78 is 24.1. The van der Waals surface area contributed by atoms with Crippen molar-refractivity contribution in [2.45, 2.75) is 32.3 Å². The molecular formula is C16H18FN3O3. The largest absolute Gasteiger partial charge is 0.482 e. The van der Waals surface area contributed by atoms with Gasteiger partial charge >= 0.3 is 0 Å². The van der Waals surface area contributed by atoms with Crippen molar-refractivity contribution in [3.05, 3.63) is 41.8 Å². The minimum Gasteiger partial charge on any atom is -0.482 e. The third-order valence-electron chi connectivity index (χ3n) is 3.87. The number of rotatable bonds is 5. The van der Waals surface area contributed by atoms with Gasteiger partial charge in [-0.15, -0.1) is 0 Å². The first-order chi connectivity index (χ1) is 11.2. The first kappa shape index (κ1) is 15.5. The zero-order valence-electron chi connectivity index (χ0n) is 12.9. The minimum atomic E-state index is -0.430. The summed E-state index contributed by atoms with van der Waals surface area (Å²) in [5.41, 5.74) is 0. The van der Waals surface area contributed by atoms with E-state index in [-0.39, 0.29) is 24.2 Å². The second kappa shape index (κ2) is 6.76. The van der Waals surface area contributed by atoms with Gasteiger partial charge in [-0.05, 0) is 18.6 Å². The third-order valence-corrected chi connectivity index (χ3v) is 3.87. The maximum absolute atomic E-state index is 13.5. The van der Waals surface area contributed by atoms with Gasteiger partial charge < -0.3 is 14.2 Å². The molecule has 2 heterocycles. The van der Waals surface area contributed by atoms with E-state index in [2.05, 4.69) is 10.1 Å². The van der Waals surface area contributed by atoms with Crippen LogP contribution in [0.25, 0.3) is 0 Å². The van der Waals surface area contributed by atoms with Crippen molar-refractivity contribution in [2.24, 2.45) is 0 Å². The molecule has 23 heavy (non-hydrogen) atoms. The zero-order valence-corrected chi connectivity index (χ0v) is 12.9. The van der Waals surface area contributed by atoms with Gasteiger partial charge in [0.1, 0.15) is 0 Å². The lowest BCUT2D eigenvalue weighted by molar-refractivity contribution is -0.129. The number of para-hydroxylation sites is 1. The fraction of sp³-hybridized carbons (Fsp3) is 0.438. The first-order valence-corrected chi connectivity index (χ1v) is 7.65. The molecule has 122 valence electrons. The van der Waals surface area contributed by atoms with Gasteiger partial charge in [-0.25, -0.2) is 4.39 Å². The molecule has 1 fully saturated rings. The topological polar surface area (TPSA) is 68.5 Å². The molecule has 0 unspecified atom stereocenters. The average molecular weight is 319 g/mol. The molecule has 1 aliphatic heterocycles. The molecule has 0 radical (unpaired) electrons. The van der Waals surface area contributed by atoms with Gasteiger partial charge in [0.25, 0.3) is 0 Å². The lowest BCUT2D eigenvalue weighted by atomic mass is 10.1. The quantitative estimate of drug-likeness (QED) is 0.847. The Hall–Kier alpha value is -2.44. The van der Waals surface area contributed by atoms with E-state index < -0.39 is 5.82 Å². The number of nitrogens with zero attached hydrogens (tertiary/aromatic N) is 3. The fourth-order valence-electron chi connectivity index (χ4n) is 2.61. The van der Waals surface area contributed by atoms with E-state index in [1.807, 2.05) is 11.8 Å². The van der Waals surface area contributed by atoms with Gasteiger partial charge in [0.15, 0.2) is 18.2 Å². The number of likely N-dealkylation sites (tertiary alicyclic amines) is 1. The molecule has 0 aliphatic carbocycles. The van der Waals surface area contributed by atoms with Crippen molar-refractivity contribution in [1.82, 2.24) is 15.0 Å². The Bertz CT molecular complexity index is 689. The van der Waals surface area contributed by atoms with Crippen molar-refractivity contribution in [3.8, 4) is 5.75 Å². The van der Waals surface area contributed by atoms with Crippen LogP contribution in [0.1, 0.15) is 37.4 Å². The fourth-order valence-corrected chi connectivity index (χ4v) is 2.61. The molecule has 0 spiro atoms. The number of ether oxygens (including phenoxy) is 1. The van der Waals surface area contributed by atoms with Gasteiger partial charge in [-0.2, -0.15) is 4.98 Å². The Balaban J connectivity index is 1.58. The van der Waals surface area contributed by atoms with Crippen LogP contribution in [0.15, 0.2) is 28.8 Å². The second-order valence-electron chi connectivity index (χ2n) is 5.45. The Kier molecular flexibility index (Phi) is 4.55. The van der Waals surface area contributed by atoms with Crippen molar-refractivity contribution >= 4 is 5.91 Å². The maximum atomic E-state index is 13.5. The van der Waals surface area contributed by atoms with Crippen LogP contribution in [0, 0.1) is 5.82 Å². The Morgan fingerprint density at radius 1 is 1.48 bits per heavy atom. The molecule has 0 saturated carbocycles. The number of carbonyl (C=O) groups is 1. The number of hydrogen-bond acceptors (Lipinski definition) is 5. The molecule has 1 saturated heterocycles. The number of hydrogen-bond donors (Lipinski definition) is 0. The Morgan fingerprint density at radius 3 is 3.09 bits per heavy atom. The van der Waals surface area contributed by atoms with Gasteiger partial charge in [-0.3, -0.25) is 4.79 Å². The van der Waals surface area contributed by atoms with Crippen LogP contribution in [0.2, 0.25) is 0 Å². The van der Waals surface area contributed by atoms with E-state index in [1.54, 1.807) is 18.2 Å². The summed E-state index contributed by atoms with van der Waals surface area (Å²) in [6.45, 7) is 3.19. The SMILES string of the molecule is CCC(=O)N1CC[C@@H](c2nc(COc3ccccc3F)no2)C1. The average Bonchev–Trinajstić information content (AvgIpc) is 3.22. The summed E-state index contributed by atoms with van der Waals surface area (Å²) in [5, 5.41) is 3.86. The predicted octanol–water partition coefficient (Wildman–Crippen LogP) is 2.51. The minimum absolute atomic E-state index is 0.0365. The van der Waals surface area contributed by atoms with Crippen LogP contribution in [0.3, 0.4) is 0 Å². The summed E-state index contributed by atoms with van der Waals surface area (Å²) in [5.74, 6) is 0.780. The monoisotopic (exact) mass is 319 g/mol. The van der Waals surface area contributed by atoms with Crippen LogP contribution in [-0.2, 0) is 11.4 Å². The maximum Gasteiger partial charge on any atom is 0.231 e. The number of aromatic nitrogens is 2. The van der Waals surface area contributed by atoms with Crippen molar-refractivity contribution in [2.75, 3.05) is 13.1 Å². The molecule has 0 N–H and O–H groups in total. The normalized spacial score (nSPS) is 17.5. The molecule has 1 atom stereocenters. The summed E-state index contributed by atoms with van der Waals surface area (Å²) in [6.07, 6.45) is 1.31. The molecule has 1 aromatic heterocycles. The first-order valence-electron chi connectivity index (χ1n) is 7.65. The van der Waals surface area contributed by atoms with Crippen molar-refractivity contribution in [3.63, 3.8) is 0 Å². The standard InChI is InChI=1S/C16H18FN3O3/c1-2-15(21)20-8-7-11(9-20)16-18-14(19-23-16)10-22-13-6-4-3-5-12(13)17/h3-6,11H,2,7-10H2,1H3/t11-/m1/s1. The van der Waals surface area contributed by atoms with Crippen LogP contribution < -0.4 is 4.74 Å². The summed E-state index contributed by atoms with van der Waals surface area (Å²) >= 11 is 0. The lowest BCUT2D eigenvalue weighted by Gasteiger charge is -2.13. The number of halogens is 1. The van der Waals surface area contributed by atoms with Crippen LogP contribution in [-0.4, -0.2) is 34.0 Å². The number of benzene rings is 1. The van der Waals surface area contributed by atoms with Crippen LogP contribution >= 0.6 is 0 Å². The molecule has 3 rings (SSSR count). The van der Waals surface area contributed by atoms with E-state index in [1.165, 1.54) is 6.07 Å². The van der Waals surface area contributed by atoms with E-state index in [9.17, 15) is 9.18 Å². The highest BCUT2D eigenvalue weighted by molar-refractivity contribution is 5.76. The van der Waals surface area contributed by atoms with Crippen molar-refractivity contribution in [1.29, 1.82) is 0 Å². The van der Waals surface area contributed by atoms with Crippen LogP contribution in [0.5, 0.6) is 5.75 Å². The van der Waals surface area contributed by atoms with Gasteiger partial charge in [0.05, 0.1) is 5.92 Å². The summed E-state index contributed by atoms with van der Waals surface area (Å²) in [6, 6.07) is 6.16. The molecular weight excluding hydrogens is 301 g/mol. The molecule has 2 aromatic rings. The van der Waals surface area contributed by atoms with E-state index >= 15 is 0 Å². The molecule has 1 aliphatic rings. The molecule has 6 nitrogen and oxygen atoms in total. The number of amides is 1. The summed E-state index contributed by atoms with van der Waals surface area (Å²) in [4.78, 5) is 17.8. The highest BCUT2D eigenvalue weighted by Crippen LogP contribution is 2.26. The van der Waals surface area contributed by atoms with Gasteiger partial charge in [0.2, 0.25) is 17.6 Å². The molecule has 1 aromatic carbocycles. The van der Waals surface area contributed by atoms with Crippen LogP contribution in [0.4, 0.5) is 4.39 Å². The van der Waals surface area contributed by atoms with E-state index in [0.29, 0.717) is 31.2 Å². The van der Waals surface area contributed by atoms with Gasteiger partial charge in [0, 0.05) is 19.5 Å². The molecule has 7 heteroatoms. The highest BCUT2D eigenvalue weighted by atomic mass is 19.1.